The van der Waals surface area contributed by atoms with Crippen molar-refractivity contribution >= 4 is 5.97 Å². The van der Waals surface area contributed by atoms with Crippen molar-refractivity contribution in [3.05, 3.63) is 64.7 Å². The quantitative estimate of drug-likeness (QED) is 0.756. The lowest BCUT2D eigenvalue weighted by molar-refractivity contribution is -0.142. The molecule has 0 bridgehead atoms. The molecule has 0 aliphatic heterocycles. The summed E-state index contributed by atoms with van der Waals surface area (Å²) < 4.78 is 10.9. The van der Waals surface area contributed by atoms with E-state index in [0.29, 0.717) is 13.2 Å². The van der Waals surface area contributed by atoms with Crippen molar-refractivity contribution in [2.24, 2.45) is 0 Å². The van der Waals surface area contributed by atoms with E-state index < -0.39 is 0 Å². The molecule has 0 saturated heterocycles. The zero-order valence-corrected chi connectivity index (χ0v) is 13.4. The highest BCUT2D eigenvalue weighted by Gasteiger charge is 2.06. The van der Waals surface area contributed by atoms with E-state index in [2.05, 4.69) is 26.0 Å². The van der Waals surface area contributed by atoms with E-state index in [4.69, 9.17) is 9.47 Å². The lowest BCUT2D eigenvalue weighted by Gasteiger charge is -2.12. The van der Waals surface area contributed by atoms with Crippen LogP contribution in [0.3, 0.4) is 0 Å². The molecule has 2 aromatic rings. The summed E-state index contributed by atoms with van der Waals surface area (Å²) in [6.45, 7) is 6.91. The van der Waals surface area contributed by atoms with Crippen LogP contribution in [0.15, 0.2) is 42.5 Å². The summed E-state index contributed by atoms with van der Waals surface area (Å²) >= 11 is 0. The fraction of sp³-hybridized carbons (Fsp3) is 0.316. The molecule has 0 aromatic heterocycles. The minimum atomic E-state index is -0.214. The average Bonchev–Trinajstić information content (AvgIpc) is 2.47. The second-order valence-corrected chi connectivity index (χ2v) is 5.29. The van der Waals surface area contributed by atoms with Crippen LogP contribution in [0.4, 0.5) is 0 Å². The van der Waals surface area contributed by atoms with Crippen LogP contribution < -0.4 is 4.74 Å². The molecule has 0 spiro atoms. The summed E-state index contributed by atoms with van der Waals surface area (Å²) in [6.07, 6.45) is 0.272. The van der Waals surface area contributed by atoms with Gasteiger partial charge >= 0.3 is 5.97 Å². The molecular formula is C19H22O3. The molecule has 0 radical (unpaired) electrons. The Morgan fingerprint density at radius 3 is 2.41 bits per heavy atom. The van der Waals surface area contributed by atoms with Crippen molar-refractivity contribution in [1.82, 2.24) is 0 Å². The Labute approximate surface area is 131 Å². The number of hydrogen-bond donors (Lipinski definition) is 0. The zero-order chi connectivity index (χ0) is 15.9. The van der Waals surface area contributed by atoms with Crippen LogP contribution in [0.1, 0.15) is 29.2 Å². The average molecular weight is 298 g/mol. The second kappa shape index (κ2) is 7.64. The Morgan fingerprint density at radius 1 is 1.05 bits per heavy atom. The summed E-state index contributed by atoms with van der Waals surface area (Å²) in [5.74, 6) is 0.554. The van der Waals surface area contributed by atoms with E-state index in [9.17, 15) is 4.79 Å². The summed E-state index contributed by atoms with van der Waals surface area (Å²) in [6, 6.07) is 13.8. The van der Waals surface area contributed by atoms with E-state index in [1.165, 1.54) is 16.7 Å². The Balaban J connectivity index is 2.03. The Hall–Kier alpha value is -2.29. The monoisotopic (exact) mass is 298 g/mol. The number of carbonyl (C=O) groups excluding carboxylic acids is 1. The number of ether oxygens (including phenoxy) is 2. The smallest absolute Gasteiger partial charge is 0.310 e. The summed E-state index contributed by atoms with van der Waals surface area (Å²) in [5, 5.41) is 0. The second-order valence-electron chi connectivity index (χ2n) is 5.29. The molecule has 3 heteroatoms. The third-order valence-electron chi connectivity index (χ3n) is 3.58. The standard InChI is InChI=1S/C19H22O3/c1-4-21-19(20)12-16-9-6-10-17(11-16)22-13-18-14(2)7-5-8-15(18)3/h5-11H,4,12-13H2,1-3H3. The van der Waals surface area contributed by atoms with E-state index in [0.717, 1.165) is 11.3 Å². The summed E-state index contributed by atoms with van der Waals surface area (Å²) in [4.78, 5) is 11.5. The van der Waals surface area contributed by atoms with Gasteiger partial charge in [0.1, 0.15) is 12.4 Å². The number of benzene rings is 2. The minimum absolute atomic E-state index is 0.214. The first-order valence-electron chi connectivity index (χ1n) is 7.52. The van der Waals surface area contributed by atoms with Gasteiger partial charge in [-0.1, -0.05) is 30.3 Å². The van der Waals surface area contributed by atoms with Crippen molar-refractivity contribution in [3.8, 4) is 5.75 Å². The topological polar surface area (TPSA) is 35.5 Å². The molecule has 0 amide bonds. The van der Waals surface area contributed by atoms with Crippen LogP contribution in [0.25, 0.3) is 0 Å². The predicted octanol–water partition coefficient (Wildman–Crippen LogP) is 3.99. The fourth-order valence-electron chi connectivity index (χ4n) is 2.36. The number of hydrogen-bond acceptors (Lipinski definition) is 3. The largest absolute Gasteiger partial charge is 0.489 e. The van der Waals surface area contributed by atoms with Crippen LogP contribution in [0, 0.1) is 13.8 Å². The SMILES string of the molecule is CCOC(=O)Cc1cccc(OCc2c(C)cccc2C)c1. The first-order valence-corrected chi connectivity index (χ1v) is 7.52. The van der Waals surface area contributed by atoms with Gasteiger partial charge in [0.25, 0.3) is 0 Å². The van der Waals surface area contributed by atoms with Gasteiger partial charge in [-0.3, -0.25) is 4.79 Å². The van der Waals surface area contributed by atoms with E-state index in [1.54, 1.807) is 0 Å². The maximum absolute atomic E-state index is 11.5. The van der Waals surface area contributed by atoms with Gasteiger partial charge in [0.05, 0.1) is 13.0 Å². The molecule has 0 aliphatic rings. The number of rotatable bonds is 6. The molecule has 0 unspecified atom stereocenters. The van der Waals surface area contributed by atoms with E-state index in [1.807, 2.05) is 37.3 Å². The van der Waals surface area contributed by atoms with Crippen molar-refractivity contribution in [2.45, 2.75) is 33.8 Å². The lowest BCUT2D eigenvalue weighted by Crippen LogP contribution is -2.07. The molecule has 0 heterocycles. The van der Waals surface area contributed by atoms with E-state index >= 15 is 0 Å². The van der Waals surface area contributed by atoms with Crippen LogP contribution in [0.5, 0.6) is 5.75 Å². The summed E-state index contributed by atoms with van der Waals surface area (Å²) in [7, 11) is 0. The van der Waals surface area contributed by atoms with Crippen LogP contribution >= 0.6 is 0 Å². The summed E-state index contributed by atoms with van der Waals surface area (Å²) in [5.41, 5.74) is 4.56. The zero-order valence-electron chi connectivity index (χ0n) is 13.4. The van der Waals surface area contributed by atoms with Gasteiger partial charge in [0, 0.05) is 0 Å². The van der Waals surface area contributed by atoms with Crippen molar-refractivity contribution in [2.75, 3.05) is 6.61 Å². The Bertz CT molecular complexity index is 627. The molecule has 0 aliphatic carbocycles. The van der Waals surface area contributed by atoms with E-state index in [-0.39, 0.29) is 12.4 Å². The maximum Gasteiger partial charge on any atom is 0.310 e. The first-order chi connectivity index (χ1) is 10.6. The number of carbonyl (C=O) groups is 1. The van der Waals surface area contributed by atoms with Crippen molar-refractivity contribution < 1.29 is 14.3 Å². The van der Waals surface area contributed by atoms with Gasteiger partial charge in [0.2, 0.25) is 0 Å². The highest BCUT2D eigenvalue weighted by molar-refractivity contribution is 5.72. The van der Waals surface area contributed by atoms with Gasteiger partial charge < -0.3 is 9.47 Å². The highest BCUT2D eigenvalue weighted by atomic mass is 16.5. The van der Waals surface area contributed by atoms with Crippen LogP contribution in [-0.2, 0) is 22.6 Å². The molecule has 2 rings (SSSR count). The Morgan fingerprint density at radius 2 is 1.73 bits per heavy atom. The third kappa shape index (κ3) is 4.35. The molecule has 0 atom stereocenters. The molecule has 0 fully saturated rings. The first kappa shape index (κ1) is 16.1. The third-order valence-corrected chi connectivity index (χ3v) is 3.58. The van der Waals surface area contributed by atoms with Crippen molar-refractivity contribution in [1.29, 1.82) is 0 Å². The highest BCUT2D eigenvalue weighted by Crippen LogP contribution is 2.19. The molecule has 22 heavy (non-hydrogen) atoms. The molecule has 3 nitrogen and oxygen atoms in total. The lowest BCUT2D eigenvalue weighted by atomic mass is 10.0. The van der Waals surface area contributed by atoms with Gasteiger partial charge in [-0.05, 0) is 55.2 Å². The Kier molecular flexibility index (Phi) is 5.59. The molecule has 116 valence electrons. The predicted molar refractivity (Wildman–Crippen MR) is 87.0 cm³/mol. The normalized spacial score (nSPS) is 10.3. The van der Waals surface area contributed by atoms with Gasteiger partial charge in [0.15, 0.2) is 0 Å². The number of esters is 1. The van der Waals surface area contributed by atoms with Crippen LogP contribution in [0.2, 0.25) is 0 Å². The molecule has 0 saturated carbocycles. The van der Waals surface area contributed by atoms with Crippen LogP contribution in [-0.4, -0.2) is 12.6 Å². The minimum Gasteiger partial charge on any atom is -0.489 e. The fourth-order valence-corrected chi connectivity index (χ4v) is 2.36. The molecule has 2 aromatic carbocycles. The molecular weight excluding hydrogens is 276 g/mol. The van der Waals surface area contributed by atoms with Gasteiger partial charge in [-0.25, -0.2) is 0 Å². The maximum atomic E-state index is 11.5. The van der Waals surface area contributed by atoms with Gasteiger partial charge in [-0.15, -0.1) is 0 Å². The van der Waals surface area contributed by atoms with Gasteiger partial charge in [-0.2, -0.15) is 0 Å². The number of aryl methyl sites for hydroxylation is 2. The van der Waals surface area contributed by atoms with Crippen molar-refractivity contribution in [3.63, 3.8) is 0 Å². The molecule has 0 N–H and O–H groups in total.